The molecular formula is C10H18N4O. The second-order valence-corrected chi connectivity index (χ2v) is 3.48. The Morgan fingerprint density at radius 2 is 2.27 bits per heavy atom. The minimum Gasteiger partial charge on any atom is -0.481 e. The maximum absolute atomic E-state index is 5.48. The number of anilines is 1. The highest BCUT2D eigenvalue weighted by Crippen LogP contribution is 2.20. The Balaban J connectivity index is 2.76. The van der Waals surface area contributed by atoms with Crippen LogP contribution >= 0.6 is 0 Å². The molecule has 5 heteroatoms. The van der Waals surface area contributed by atoms with Gasteiger partial charge in [-0.1, -0.05) is 0 Å². The largest absolute Gasteiger partial charge is 0.481 e. The minimum absolute atomic E-state index is 0.299. The molecule has 0 saturated heterocycles. The predicted molar refractivity (Wildman–Crippen MR) is 60.1 cm³/mol. The SMILES string of the molecule is COc1ncnc(NC(C)CCN)c1C. The fourth-order valence-electron chi connectivity index (χ4n) is 1.34. The molecule has 0 saturated carbocycles. The van der Waals surface area contributed by atoms with Gasteiger partial charge in [-0.25, -0.2) is 9.97 Å². The molecule has 0 aliphatic rings. The van der Waals surface area contributed by atoms with E-state index in [0.29, 0.717) is 18.5 Å². The monoisotopic (exact) mass is 210 g/mol. The van der Waals surface area contributed by atoms with Crippen LogP contribution in [0.2, 0.25) is 0 Å². The maximum atomic E-state index is 5.48. The van der Waals surface area contributed by atoms with Crippen molar-refractivity contribution in [3.63, 3.8) is 0 Å². The van der Waals surface area contributed by atoms with Crippen molar-refractivity contribution in [3.8, 4) is 5.88 Å². The Kier molecular flexibility index (Phi) is 4.30. The van der Waals surface area contributed by atoms with Crippen LogP contribution < -0.4 is 15.8 Å². The van der Waals surface area contributed by atoms with Gasteiger partial charge in [0, 0.05) is 6.04 Å². The Hall–Kier alpha value is -1.36. The van der Waals surface area contributed by atoms with E-state index in [4.69, 9.17) is 10.5 Å². The van der Waals surface area contributed by atoms with E-state index in [-0.39, 0.29) is 0 Å². The van der Waals surface area contributed by atoms with E-state index < -0.39 is 0 Å². The number of methoxy groups -OCH3 is 1. The van der Waals surface area contributed by atoms with Gasteiger partial charge in [0.25, 0.3) is 0 Å². The minimum atomic E-state index is 0.299. The summed E-state index contributed by atoms with van der Waals surface area (Å²) in [4.78, 5) is 8.18. The molecule has 1 aromatic rings. The lowest BCUT2D eigenvalue weighted by Crippen LogP contribution is -2.20. The normalized spacial score (nSPS) is 12.3. The Morgan fingerprint density at radius 1 is 1.53 bits per heavy atom. The Labute approximate surface area is 90.1 Å². The molecule has 1 atom stereocenters. The zero-order valence-corrected chi connectivity index (χ0v) is 9.45. The van der Waals surface area contributed by atoms with Gasteiger partial charge in [0.15, 0.2) is 0 Å². The smallest absolute Gasteiger partial charge is 0.221 e. The average Bonchev–Trinajstić information content (AvgIpc) is 2.21. The lowest BCUT2D eigenvalue weighted by Gasteiger charge is -2.15. The fraction of sp³-hybridized carbons (Fsp3) is 0.600. The molecule has 0 amide bonds. The third kappa shape index (κ3) is 3.06. The highest BCUT2D eigenvalue weighted by molar-refractivity contribution is 5.48. The van der Waals surface area contributed by atoms with Crippen molar-refractivity contribution in [3.05, 3.63) is 11.9 Å². The zero-order valence-electron chi connectivity index (χ0n) is 9.45. The second-order valence-electron chi connectivity index (χ2n) is 3.48. The highest BCUT2D eigenvalue weighted by atomic mass is 16.5. The summed E-state index contributed by atoms with van der Waals surface area (Å²) in [5.41, 5.74) is 6.40. The van der Waals surface area contributed by atoms with E-state index >= 15 is 0 Å². The predicted octanol–water partition coefficient (Wildman–Crippen LogP) is 0.943. The van der Waals surface area contributed by atoms with Crippen LogP contribution in [-0.4, -0.2) is 29.7 Å². The van der Waals surface area contributed by atoms with Gasteiger partial charge in [0.1, 0.15) is 12.1 Å². The van der Waals surface area contributed by atoms with Crippen molar-refractivity contribution < 1.29 is 4.74 Å². The van der Waals surface area contributed by atoms with Crippen molar-refractivity contribution >= 4 is 5.82 Å². The van der Waals surface area contributed by atoms with Gasteiger partial charge < -0.3 is 15.8 Å². The first kappa shape index (κ1) is 11.7. The van der Waals surface area contributed by atoms with Gasteiger partial charge in [0.2, 0.25) is 5.88 Å². The molecule has 3 N–H and O–H groups in total. The summed E-state index contributed by atoms with van der Waals surface area (Å²) in [6.07, 6.45) is 2.40. The van der Waals surface area contributed by atoms with E-state index in [1.807, 2.05) is 6.92 Å². The summed E-state index contributed by atoms with van der Waals surface area (Å²) in [6, 6.07) is 0.299. The summed E-state index contributed by atoms with van der Waals surface area (Å²) in [5, 5.41) is 3.27. The number of nitrogens with one attached hydrogen (secondary N) is 1. The fourth-order valence-corrected chi connectivity index (χ4v) is 1.34. The van der Waals surface area contributed by atoms with Crippen molar-refractivity contribution in [2.24, 2.45) is 5.73 Å². The molecule has 1 unspecified atom stereocenters. The van der Waals surface area contributed by atoms with Crippen LogP contribution in [0.25, 0.3) is 0 Å². The highest BCUT2D eigenvalue weighted by Gasteiger charge is 2.09. The van der Waals surface area contributed by atoms with Gasteiger partial charge in [0.05, 0.1) is 12.7 Å². The molecule has 1 rings (SSSR count). The van der Waals surface area contributed by atoms with Crippen molar-refractivity contribution in [1.82, 2.24) is 9.97 Å². The average molecular weight is 210 g/mol. The third-order valence-corrected chi connectivity index (χ3v) is 2.21. The third-order valence-electron chi connectivity index (χ3n) is 2.21. The second kappa shape index (κ2) is 5.50. The molecule has 0 fully saturated rings. The first-order valence-corrected chi connectivity index (χ1v) is 5.01. The molecule has 0 aliphatic heterocycles. The number of rotatable bonds is 5. The van der Waals surface area contributed by atoms with Gasteiger partial charge >= 0.3 is 0 Å². The topological polar surface area (TPSA) is 73.1 Å². The molecule has 84 valence electrons. The summed E-state index contributed by atoms with van der Waals surface area (Å²) in [7, 11) is 1.60. The standard InChI is InChI=1S/C10H18N4O/c1-7(4-5-11)14-9-8(2)10(15-3)13-6-12-9/h6-7H,4-5,11H2,1-3H3,(H,12,13,14). The summed E-state index contributed by atoms with van der Waals surface area (Å²) >= 11 is 0. The van der Waals surface area contributed by atoms with Crippen LogP contribution in [0.15, 0.2) is 6.33 Å². The molecule has 0 bridgehead atoms. The number of hydrogen-bond donors (Lipinski definition) is 2. The number of ether oxygens (including phenoxy) is 1. The molecule has 0 spiro atoms. The van der Waals surface area contributed by atoms with E-state index in [2.05, 4.69) is 22.2 Å². The quantitative estimate of drug-likeness (QED) is 0.756. The molecular weight excluding hydrogens is 192 g/mol. The first-order valence-electron chi connectivity index (χ1n) is 5.01. The van der Waals surface area contributed by atoms with Gasteiger partial charge in [-0.2, -0.15) is 0 Å². The number of nitrogens with zero attached hydrogens (tertiary/aromatic N) is 2. The summed E-state index contributed by atoms with van der Waals surface area (Å²) in [6.45, 7) is 4.66. The molecule has 1 heterocycles. The molecule has 0 radical (unpaired) electrons. The molecule has 0 aliphatic carbocycles. The van der Waals surface area contributed by atoms with Gasteiger partial charge in [-0.3, -0.25) is 0 Å². The van der Waals surface area contributed by atoms with E-state index in [1.54, 1.807) is 7.11 Å². The Bertz CT molecular complexity index is 316. The number of hydrogen-bond acceptors (Lipinski definition) is 5. The van der Waals surface area contributed by atoms with E-state index in [9.17, 15) is 0 Å². The molecule has 1 aromatic heterocycles. The van der Waals surface area contributed by atoms with E-state index in [0.717, 1.165) is 17.8 Å². The number of nitrogens with two attached hydrogens (primary N) is 1. The van der Waals surface area contributed by atoms with Crippen LogP contribution in [-0.2, 0) is 0 Å². The number of aromatic nitrogens is 2. The first-order chi connectivity index (χ1) is 7.19. The van der Waals surface area contributed by atoms with Gasteiger partial charge in [-0.15, -0.1) is 0 Å². The van der Waals surface area contributed by atoms with Crippen LogP contribution in [0.4, 0.5) is 5.82 Å². The van der Waals surface area contributed by atoms with Crippen molar-refractivity contribution in [2.75, 3.05) is 19.0 Å². The summed E-state index contributed by atoms with van der Waals surface area (Å²) < 4.78 is 5.11. The lowest BCUT2D eigenvalue weighted by atomic mass is 10.2. The van der Waals surface area contributed by atoms with Crippen molar-refractivity contribution in [2.45, 2.75) is 26.3 Å². The van der Waals surface area contributed by atoms with Crippen LogP contribution in [0.1, 0.15) is 18.9 Å². The van der Waals surface area contributed by atoms with Gasteiger partial charge in [-0.05, 0) is 26.8 Å². The lowest BCUT2D eigenvalue weighted by molar-refractivity contribution is 0.393. The van der Waals surface area contributed by atoms with Crippen LogP contribution in [0.3, 0.4) is 0 Å². The van der Waals surface area contributed by atoms with Crippen LogP contribution in [0, 0.1) is 6.92 Å². The van der Waals surface area contributed by atoms with Crippen molar-refractivity contribution in [1.29, 1.82) is 0 Å². The van der Waals surface area contributed by atoms with E-state index in [1.165, 1.54) is 6.33 Å². The molecule has 5 nitrogen and oxygen atoms in total. The summed E-state index contributed by atoms with van der Waals surface area (Å²) in [5.74, 6) is 1.41. The van der Waals surface area contributed by atoms with Crippen LogP contribution in [0.5, 0.6) is 5.88 Å². The zero-order chi connectivity index (χ0) is 11.3. The maximum Gasteiger partial charge on any atom is 0.221 e. The molecule has 15 heavy (non-hydrogen) atoms. The molecule has 0 aromatic carbocycles. The Morgan fingerprint density at radius 3 is 2.87 bits per heavy atom.